The van der Waals surface area contributed by atoms with Gasteiger partial charge in [0.05, 0.1) is 29.3 Å². The van der Waals surface area contributed by atoms with Crippen LogP contribution in [0.2, 0.25) is 5.02 Å². The molecule has 0 saturated carbocycles. The molecule has 7 nitrogen and oxygen atoms in total. The standard InChI is InChI=1S/C23H21ClN2O5S/c1-15-14-26(20-5-3-4-6-22(20)31-15)32(28,29)18-10-8-17(9-11-18)25-23(27)16-7-12-21(30-2)19(24)13-16/h3-13,15H,14H2,1-2H3,(H,25,27)/t15-/m0/s1. The molecule has 4 rings (SSSR count). The number of anilines is 2. The number of amides is 1. The molecule has 3 aromatic rings. The van der Waals surface area contributed by atoms with Crippen molar-refractivity contribution in [2.45, 2.75) is 17.9 Å². The van der Waals surface area contributed by atoms with Crippen LogP contribution >= 0.6 is 11.6 Å². The molecule has 0 aromatic heterocycles. The van der Waals surface area contributed by atoms with Crippen molar-refractivity contribution in [1.82, 2.24) is 0 Å². The number of benzene rings is 3. The van der Waals surface area contributed by atoms with Gasteiger partial charge in [-0.3, -0.25) is 9.10 Å². The van der Waals surface area contributed by atoms with Crippen molar-refractivity contribution in [3.05, 3.63) is 77.3 Å². The predicted molar refractivity (Wildman–Crippen MR) is 123 cm³/mol. The summed E-state index contributed by atoms with van der Waals surface area (Å²) < 4.78 is 38.8. The van der Waals surface area contributed by atoms with Gasteiger partial charge in [-0.1, -0.05) is 23.7 Å². The number of ether oxygens (including phenoxy) is 2. The molecule has 3 aromatic carbocycles. The number of hydrogen-bond acceptors (Lipinski definition) is 5. The monoisotopic (exact) mass is 472 g/mol. The van der Waals surface area contributed by atoms with Crippen LogP contribution in [0, 0.1) is 0 Å². The Kier molecular flexibility index (Phi) is 5.99. The lowest BCUT2D eigenvalue weighted by Crippen LogP contribution is -2.42. The van der Waals surface area contributed by atoms with Crippen LogP contribution in [0.5, 0.6) is 11.5 Å². The molecule has 9 heteroatoms. The van der Waals surface area contributed by atoms with E-state index in [0.717, 1.165) is 0 Å². The molecule has 0 bridgehead atoms. The highest BCUT2D eigenvalue weighted by atomic mass is 35.5. The molecule has 1 aliphatic rings. The van der Waals surface area contributed by atoms with Gasteiger partial charge in [-0.15, -0.1) is 0 Å². The van der Waals surface area contributed by atoms with Gasteiger partial charge in [-0.05, 0) is 61.5 Å². The van der Waals surface area contributed by atoms with E-state index in [1.54, 1.807) is 48.5 Å². The van der Waals surface area contributed by atoms with Crippen molar-refractivity contribution >= 4 is 38.9 Å². The number of nitrogens with zero attached hydrogens (tertiary/aromatic N) is 1. The third-order valence-electron chi connectivity index (χ3n) is 5.00. The Hall–Kier alpha value is -3.23. The molecule has 0 fully saturated rings. The van der Waals surface area contributed by atoms with Gasteiger partial charge < -0.3 is 14.8 Å². The number of carbonyl (C=O) groups is 1. The molecule has 1 atom stereocenters. The molecule has 32 heavy (non-hydrogen) atoms. The summed E-state index contributed by atoms with van der Waals surface area (Å²) in [6.07, 6.45) is -0.283. The van der Waals surface area contributed by atoms with E-state index in [-0.39, 0.29) is 23.5 Å². The van der Waals surface area contributed by atoms with Gasteiger partial charge in [0.25, 0.3) is 15.9 Å². The zero-order valence-electron chi connectivity index (χ0n) is 17.4. The van der Waals surface area contributed by atoms with Crippen LogP contribution in [-0.2, 0) is 10.0 Å². The smallest absolute Gasteiger partial charge is 0.264 e. The van der Waals surface area contributed by atoms with Crippen LogP contribution in [0.25, 0.3) is 0 Å². The SMILES string of the molecule is COc1ccc(C(=O)Nc2ccc(S(=O)(=O)N3C[C@H](C)Oc4ccccc43)cc2)cc1Cl. The summed E-state index contributed by atoms with van der Waals surface area (Å²) in [6, 6.07) is 17.8. The molecule has 1 aliphatic heterocycles. The maximum atomic E-state index is 13.3. The van der Waals surface area contributed by atoms with Crippen LogP contribution in [0.4, 0.5) is 11.4 Å². The largest absolute Gasteiger partial charge is 0.495 e. The molecule has 0 radical (unpaired) electrons. The second kappa shape index (κ2) is 8.72. The average Bonchev–Trinajstić information content (AvgIpc) is 2.78. The van der Waals surface area contributed by atoms with E-state index in [1.807, 2.05) is 6.92 Å². The third-order valence-corrected chi connectivity index (χ3v) is 7.09. The first-order valence-corrected chi connectivity index (χ1v) is 11.6. The molecule has 1 heterocycles. The van der Waals surface area contributed by atoms with Gasteiger partial charge in [-0.25, -0.2) is 8.42 Å². The van der Waals surface area contributed by atoms with Crippen molar-refractivity contribution in [2.24, 2.45) is 0 Å². The topological polar surface area (TPSA) is 84.9 Å². The lowest BCUT2D eigenvalue weighted by Gasteiger charge is -2.34. The van der Waals surface area contributed by atoms with Gasteiger partial charge in [-0.2, -0.15) is 0 Å². The first-order chi connectivity index (χ1) is 15.3. The molecule has 0 unspecified atom stereocenters. The zero-order valence-corrected chi connectivity index (χ0v) is 19.0. The van der Waals surface area contributed by atoms with E-state index < -0.39 is 10.0 Å². The number of hydrogen-bond donors (Lipinski definition) is 1. The predicted octanol–water partition coefficient (Wildman–Crippen LogP) is 4.58. The minimum absolute atomic E-state index is 0.117. The van der Waals surface area contributed by atoms with E-state index in [1.165, 1.54) is 29.6 Å². The number of para-hydroxylation sites is 2. The number of fused-ring (bicyclic) bond motifs is 1. The molecular weight excluding hydrogens is 452 g/mol. The van der Waals surface area contributed by atoms with Gasteiger partial charge >= 0.3 is 0 Å². The maximum Gasteiger partial charge on any atom is 0.264 e. The zero-order chi connectivity index (χ0) is 22.9. The highest BCUT2D eigenvalue weighted by molar-refractivity contribution is 7.92. The fourth-order valence-electron chi connectivity index (χ4n) is 3.42. The first-order valence-electron chi connectivity index (χ1n) is 9.83. The van der Waals surface area contributed by atoms with Crippen molar-refractivity contribution < 1.29 is 22.7 Å². The molecule has 0 saturated heterocycles. The van der Waals surface area contributed by atoms with Gasteiger partial charge in [0.1, 0.15) is 17.6 Å². The third kappa shape index (κ3) is 4.24. The lowest BCUT2D eigenvalue weighted by molar-refractivity contribution is 0.102. The average molecular weight is 473 g/mol. The number of nitrogens with one attached hydrogen (secondary N) is 1. The van der Waals surface area contributed by atoms with Crippen LogP contribution in [0.3, 0.4) is 0 Å². The van der Waals surface area contributed by atoms with Crippen LogP contribution in [0.1, 0.15) is 17.3 Å². The Morgan fingerprint density at radius 2 is 1.84 bits per heavy atom. The molecule has 0 spiro atoms. The van der Waals surface area contributed by atoms with E-state index in [2.05, 4.69) is 5.32 Å². The van der Waals surface area contributed by atoms with E-state index in [0.29, 0.717) is 33.5 Å². The fourth-order valence-corrected chi connectivity index (χ4v) is 5.23. The summed E-state index contributed by atoms with van der Waals surface area (Å²) in [5, 5.41) is 3.06. The van der Waals surface area contributed by atoms with Gasteiger partial charge in [0.15, 0.2) is 0 Å². The van der Waals surface area contributed by atoms with Crippen molar-refractivity contribution in [3.8, 4) is 11.5 Å². The Morgan fingerprint density at radius 3 is 2.53 bits per heavy atom. The van der Waals surface area contributed by atoms with Crippen LogP contribution in [0.15, 0.2) is 71.6 Å². The molecular formula is C23H21ClN2O5S. The first kappa shape index (κ1) is 22.0. The van der Waals surface area contributed by atoms with Gasteiger partial charge in [0, 0.05) is 11.3 Å². The summed E-state index contributed by atoms with van der Waals surface area (Å²) in [4.78, 5) is 12.6. The number of rotatable bonds is 5. The number of sulfonamides is 1. The van der Waals surface area contributed by atoms with Crippen LogP contribution < -0.4 is 19.1 Å². The maximum absolute atomic E-state index is 13.3. The quantitative estimate of drug-likeness (QED) is 0.587. The molecule has 166 valence electrons. The Labute approximate surface area is 191 Å². The van der Waals surface area contributed by atoms with E-state index >= 15 is 0 Å². The minimum Gasteiger partial charge on any atom is -0.495 e. The number of halogens is 1. The fraction of sp³-hybridized carbons (Fsp3) is 0.174. The van der Waals surface area contributed by atoms with E-state index in [4.69, 9.17) is 21.1 Å². The number of carbonyl (C=O) groups excluding carboxylic acids is 1. The second-order valence-corrected chi connectivity index (χ2v) is 9.53. The van der Waals surface area contributed by atoms with Crippen LogP contribution in [-0.4, -0.2) is 34.1 Å². The highest BCUT2D eigenvalue weighted by Gasteiger charge is 2.32. The summed E-state index contributed by atoms with van der Waals surface area (Å²) in [5.74, 6) is 0.620. The van der Waals surface area contributed by atoms with E-state index in [9.17, 15) is 13.2 Å². The Balaban J connectivity index is 1.55. The number of methoxy groups -OCH3 is 1. The summed E-state index contributed by atoms with van der Waals surface area (Å²) in [7, 11) is -2.32. The highest BCUT2D eigenvalue weighted by Crippen LogP contribution is 2.36. The molecule has 1 N–H and O–H groups in total. The lowest BCUT2D eigenvalue weighted by atomic mass is 10.2. The van der Waals surface area contributed by atoms with Gasteiger partial charge in [0.2, 0.25) is 0 Å². The summed E-state index contributed by atoms with van der Waals surface area (Å²) in [6.45, 7) is 2.03. The Morgan fingerprint density at radius 1 is 1.12 bits per heavy atom. The minimum atomic E-state index is -3.81. The Bertz CT molecular complexity index is 1260. The summed E-state index contributed by atoms with van der Waals surface area (Å²) >= 11 is 6.08. The van der Waals surface area contributed by atoms with Crippen molar-refractivity contribution in [2.75, 3.05) is 23.3 Å². The van der Waals surface area contributed by atoms with Crippen molar-refractivity contribution in [1.29, 1.82) is 0 Å². The van der Waals surface area contributed by atoms with Crippen molar-refractivity contribution in [3.63, 3.8) is 0 Å². The summed E-state index contributed by atoms with van der Waals surface area (Å²) in [5.41, 5.74) is 1.31. The normalized spacial score (nSPS) is 15.5. The molecule has 0 aliphatic carbocycles. The second-order valence-electron chi connectivity index (χ2n) is 7.26. The molecule has 1 amide bonds.